The van der Waals surface area contributed by atoms with Gasteiger partial charge in [0.25, 0.3) is 0 Å². The maximum absolute atomic E-state index is 12.4. The molecule has 4 heteroatoms. The Labute approximate surface area is 313 Å². The lowest BCUT2D eigenvalue weighted by Crippen LogP contribution is -2.45. The van der Waals surface area contributed by atoms with Crippen molar-refractivity contribution in [3.05, 3.63) is 24.3 Å². The third kappa shape index (κ3) is 38.1. The molecule has 0 spiro atoms. The number of amides is 1. The molecule has 4 nitrogen and oxygen atoms in total. The lowest BCUT2D eigenvalue weighted by Gasteiger charge is -2.20. The van der Waals surface area contributed by atoms with Crippen LogP contribution < -0.4 is 5.32 Å². The highest BCUT2D eigenvalue weighted by Crippen LogP contribution is 2.15. The Morgan fingerprint density at radius 3 is 1.10 bits per heavy atom. The Balaban J connectivity index is 3.52. The molecular weight excluding hydrogens is 615 g/mol. The van der Waals surface area contributed by atoms with Crippen molar-refractivity contribution in [3.8, 4) is 0 Å². The molecule has 296 valence electrons. The molecule has 0 rings (SSSR count). The van der Waals surface area contributed by atoms with Crippen molar-refractivity contribution in [2.24, 2.45) is 0 Å². The first kappa shape index (κ1) is 48.9. The molecule has 3 N–H and O–H groups in total. The van der Waals surface area contributed by atoms with Crippen LogP contribution in [0, 0.1) is 0 Å². The van der Waals surface area contributed by atoms with Crippen LogP contribution in [-0.2, 0) is 4.79 Å². The van der Waals surface area contributed by atoms with E-state index in [1.165, 1.54) is 199 Å². The molecule has 0 fully saturated rings. The third-order valence-corrected chi connectivity index (χ3v) is 10.4. The van der Waals surface area contributed by atoms with Crippen LogP contribution in [0.2, 0.25) is 0 Å². The second-order valence-corrected chi connectivity index (χ2v) is 15.5. The highest BCUT2D eigenvalue weighted by Gasteiger charge is 2.17. The van der Waals surface area contributed by atoms with Gasteiger partial charge in [0.05, 0.1) is 18.8 Å². The number of nitrogens with one attached hydrogen (secondary N) is 1. The summed E-state index contributed by atoms with van der Waals surface area (Å²) in [4.78, 5) is 12.4. The smallest absolute Gasteiger partial charge is 0.220 e. The summed E-state index contributed by atoms with van der Waals surface area (Å²) in [6.45, 7) is 4.32. The average molecular weight is 704 g/mol. The van der Waals surface area contributed by atoms with Crippen molar-refractivity contribution in [3.63, 3.8) is 0 Å². The fourth-order valence-corrected chi connectivity index (χ4v) is 6.94. The number of carbonyl (C=O) groups excluding carboxylic acids is 1. The van der Waals surface area contributed by atoms with Gasteiger partial charge in [-0.15, -0.1) is 0 Å². The summed E-state index contributed by atoms with van der Waals surface area (Å²) in [5, 5.41) is 23.0. The van der Waals surface area contributed by atoms with E-state index in [0.29, 0.717) is 6.42 Å². The lowest BCUT2D eigenvalue weighted by molar-refractivity contribution is -0.123. The van der Waals surface area contributed by atoms with E-state index < -0.39 is 12.1 Å². The van der Waals surface area contributed by atoms with Crippen LogP contribution in [0.15, 0.2) is 24.3 Å². The van der Waals surface area contributed by atoms with E-state index in [0.717, 1.165) is 25.7 Å². The molecule has 0 aliphatic rings. The van der Waals surface area contributed by atoms with E-state index in [2.05, 4.69) is 31.3 Å². The predicted molar refractivity (Wildman–Crippen MR) is 221 cm³/mol. The second-order valence-electron chi connectivity index (χ2n) is 15.5. The minimum Gasteiger partial charge on any atom is -0.394 e. The van der Waals surface area contributed by atoms with Gasteiger partial charge >= 0.3 is 0 Å². The average Bonchev–Trinajstić information content (AvgIpc) is 3.12. The molecule has 0 aliphatic carbocycles. The topological polar surface area (TPSA) is 69.6 Å². The molecule has 0 aromatic rings. The van der Waals surface area contributed by atoms with Gasteiger partial charge in [0.15, 0.2) is 0 Å². The minimum atomic E-state index is -0.836. The van der Waals surface area contributed by atoms with E-state index >= 15 is 0 Å². The number of rotatable bonds is 41. The molecule has 2 unspecified atom stereocenters. The van der Waals surface area contributed by atoms with Gasteiger partial charge in [-0.05, 0) is 44.9 Å². The third-order valence-electron chi connectivity index (χ3n) is 10.4. The number of aliphatic hydroxyl groups excluding tert-OH is 2. The van der Waals surface area contributed by atoms with E-state index in [1.54, 1.807) is 6.08 Å². The summed E-state index contributed by atoms with van der Waals surface area (Å²) in [6.07, 6.45) is 54.3. The maximum atomic E-state index is 12.4. The fourth-order valence-electron chi connectivity index (χ4n) is 6.94. The number of hydrogen-bond acceptors (Lipinski definition) is 3. The first-order valence-electron chi connectivity index (χ1n) is 22.6. The Hall–Kier alpha value is -1.13. The molecule has 50 heavy (non-hydrogen) atoms. The molecule has 0 heterocycles. The van der Waals surface area contributed by atoms with Crippen LogP contribution in [0.25, 0.3) is 0 Å². The first-order chi connectivity index (χ1) is 24.7. The van der Waals surface area contributed by atoms with Gasteiger partial charge in [0.1, 0.15) is 0 Å². The monoisotopic (exact) mass is 704 g/mol. The fraction of sp³-hybridized carbons (Fsp3) is 0.891. The summed E-state index contributed by atoms with van der Waals surface area (Å²) in [5.74, 6) is -0.0630. The van der Waals surface area contributed by atoms with E-state index in [-0.39, 0.29) is 12.5 Å². The molecule has 0 radical (unpaired) electrons. The van der Waals surface area contributed by atoms with E-state index in [9.17, 15) is 15.0 Å². The van der Waals surface area contributed by atoms with Crippen molar-refractivity contribution in [2.45, 2.75) is 257 Å². The van der Waals surface area contributed by atoms with Crippen LogP contribution in [0.5, 0.6) is 0 Å². The van der Waals surface area contributed by atoms with Gasteiger partial charge < -0.3 is 15.5 Å². The van der Waals surface area contributed by atoms with Crippen molar-refractivity contribution >= 4 is 5.91 Å². The molecule has 0 saturated heterocycles. The molecule has 1 amide bonds. The Morgan fingerprint density at radius 1 is 0.460 bits per heavy atom. The number of allylic oxidation sites excluding steroid dienone is 3. The van der Waals surface area contributed by atoms with Crippen molar-refractivity contribution in [1.82, 2.24) is 5.32 Å². The molecule has 0 bridgehead atoms. The highest BCUT2D eigenvalue weighted by molar-refractivity contribution is 5.76. The zero-order valence-electron chi connectivity index (χ0n) is 33.9. The van der Waals surface area contributed by atoms with Gasteiger partial charge in [-0.25, -0.2) is 0 Å². The largest absolute Gasteiger partial charge is 0.394 e. The molecule has 0 aliphatic heterocycles. The standard InChI is InChI=1S/C46H89NO3/c1-3-5-7-9-11-13-15-17-19-20-21-22-23-24-25-26-28-30-32-34-36-38-40-42-46(50)47-44(43-48)45(49)41-39-37-35-33-31-29-27-18-16-14-12-10-8-6-4-2/h20-21,39,41,44-45,48-49H,3-19,22-38,40,42-43H2,1-2H3,(H,47,50)/b21-20-,41-39+. The Morgan fingerprint density at radius 2 is 0.760 bits per heavy atom. The maximum Gasteiger partial charge on any atom is 0.220 e. The Kier molecular flexibility index (Phi) is 41.3. The zero-order chi connectivity index (χ0) is 36.4. The summed E-state index contributed by atoms with van der Waals surface area (Å²) in [5.41, 5.74) is 0. The molecule has 0 aromatic carbocycles. The van der Waals surface area contributed by atoms with Crippen LogP contribution in [0.4, 0.5) is 0 Å². The van der Waals surface area contributed by atoms with Crippen LogP contribution in [0.3, 0.4) is 0 Å². The van der Waals surface area contributed by atoms with E-state index in [1.807, 2.05) is 6.08 Å². The number of aliphatic hydroxyl groups is 2. The second kappa shape index (κ2) is 42.3. The first-order valence-corrected chi connectivity index (χ1v) is 22.6. The predicted octanol–water partition coefficient (Wildman–Crippen LogP) is 14.0. The summed E-state index contributed by atoms with van der Waals surface area (Å²) in [7, 11) is 0. The lowest BCUT2D eigenvalue weighted by atomic mass is 10.0. The normalized spacial score (nSPS) is 13.1. The van der Waals surface area contributed by atoms with E-state index in [4.69, 9.17) is 0 Å². The molecular formula is C46H89NO3. The molecule has 0 aromatic heterocycles. The number of hydrogen-bond donors (Lipinski definition) is 3. The molecule has 2 atom stereocenters. The number of unbranched alkanes of at least 4 members (excludes halogenated alkanes) is 32. The van der Waals surface area contributed by atoms with Gasteiger partial charge in [-0.1, -0.05) is 218 Å². The highest BCUT2D eigenvalue weighted by atomic mass is 16.3. The van der Waals surface area contributed by atoms with Crippen LogP contribution in [-0.4, -0.2) is 34.9 Å². The minimum absolute atomic E-state index is 0.0630. The van der Waals surface area contributed by atoms with Crippen LogP contribution >= 0.6 is 0 Å². The number of carbonyl (C=O) groups is 1. The summed E-state index contributed by atoms with van der Waals surface area (Å²) >= 11 is 0. The van der Waals surface area contributed by atoms with Crippen molar-refractivity contribution in [1.29, 1.82) is 0 Å². The van der Waals surface area contributed by atoms with Gasteiger partial charge in [-0.3, -0.25) is 4.79 Å². The van der Waals surface area contributed by atoms with Crippen molar-refractivity contribution < 1.29 is 15.0 Å². The molecule has 0 saturated carbocycles. The SMILES string of the molecule is CCCCCCCCCC/C=C\CCCCCCCCCCCCCC(=O)NC(CO)C(O)/C=C/CCCCCCCCCCCCCCC. The summed E-state index contributed by atoms with van der Waals surface area (Å²) < 4.78 is 0. The van der Waals surface area contributed by atoms with Gasteiger partial charge in [-0.2, -0.15) is 0 Å². The van der Waals surface area contributed by atoms with Gasteiger partial charge in [0.2, 0.25) is 5.91 Å². The van der Waals surface area contributed by atoms with Gasteiger partial charge in [0, 0.05) is 6.42 Å². The van der Waals surface area contributed by atoms with Crippen LogP contribution in [0.1, 0.15) is 245 Å². The summed E-state index contributed by atoms with van der Waals surface area (Å²) in [6, 6.07) is -0.619. The Bertz CT molecular complexity index is 720. The quantitative estimate of drug-likeness (QED) is 0.0438. The van der Waals surface area contributed by atoms with Crippen molar-refractivity contribution in [2.75, 3.05) is 6.61 Å². The zero-order valence-corrected chi connectivity index (χ0v) is 33.9.